The molecule has 3 rings (SSSR count). The van der Waals surface area contributed by atoms with Crippen LogP contribution in [-0.4, -0.2) is 46.7 Å². The molecule has 1 fully saturated rings. The van der Waals surface area contributed by atoms with Crippen LogP contribution in [0.15, 0.2) is 29.8 Å². The Bertz CT molecular complexity index is 933. The maximum atomic E-state index is 13.1. The van der Waals surface area contributed by atoms with Crippen molar-refractivity contribution < 1.29 is 14.4 Å². The summed E-state index contributed by atoms with van der Waals surface area (Å²) in [5.41, 5.74) is 4.50. The predicted molar refractivity (Wildman–Crippen MR) is 121 cm³/mol. The minimum Gasteiger partial charge on any atom is -0.350 e. The van der Waals surface area contributed by atoms with Crippen LogP contribution in [0.1, 0.15) is 44.9 Å². The number of rotatable bonds is 7. The summed E-state index contributed by atoms with van der Waals surface area (Å²) in [5.74, 6) is -0.367. The molecule has 0 aliphatic carbocycles. The number of thiazole rings is 1. The Balaban J connectivity index is 1.62. The van der Waals surface area contributed by atoms with Gasteiger partial charge in [0.15, 0.2) is 0 Å². The number of aromatic nitrogens is 1. The van der Waals surface area contributed by atoms with Gasteiger partial charge in [-0.1, -0.05) is 45.0 Å². The van der Waals surface area contributed by atoms with Gasteiger partial charge < -0.3 is 15.5 Å². The molecule has 3 amide bonds. The third-order valence-corrected chi connectivity index (χ3v) is 6.59. The van der Waals surface area contributed by atoms with E-state index in [0.717, 1.165) is 28.1 Å². The number of amides is 3. The molecule has 1 aliphatic heterocycles. The Labute approximate surface area is 187 Å². The molecule has 0 spiro atoms. The Hall–Kier alpha value is -2.74. The summed E-state index contributed by atoms with van der Waals surface area (Å²) in [6.45, 7) is 8.60. The number of nitrogens with one attached hydrogen (secondary N) is 2. The van der Waals surface area contributed by atoms with Crippen molar-refractivity contribution in [3.8, 4) is 10.4 Å². The molecule has 1 aromatic carbocycles. The zero-order valence-electron chi connectivity index (χ0n) is 18.5. The zero-order chi connectivity index (χ0) is 22.6. The second-order valence-corrected chi connectivity index (χ2v) is 9.81. The van der Waals surface area contributed by atoms with Crippen molar-refractivity contribution in [2.45, 2.75) is 59.2 Å². The van der Waals surface area contributed by atoms with Crippen LogP contribution < -0.4 is 10.6 Å². The van der Waals surface area contributed by atoms with Gasteiger partial charge in [0, 0.05) is 13.1 Å². The summed E-state index contributed by atoms with van der Waals surface area (Å²) < 4.78 is 0. The van der Waals surface area contributed by atoms with Crippen LogP contribution in [0.4, 0.5) is 0 Å². The monoisotopic (exact) mass is 442 g/mol. The Morgan fingerprint density at radius 1 is 1.29 bits per heavy atom. The molecule has 8 heteroatoms. The second-order valence-electron chi connectivity index (χ2n) is 8.95. The van der Waals surface area contributed by atoms with E-state index in [0.29, 0.717) is 25.9 Å². The molecule has 1 aromatic heterocycles. The van der Waals surface area contributed by atoms with E-state index in [1.807, 2.05) is 57.5 Å². The molecule has 31 heavy (non-hydrogen) atoms. The van der Waals surface area contributed by atoms with Crippen LogP contribution in [0.5, 0.6) is 0 Å². The first-order chi connectivity index (χ1) is 14.7. The van der Waals surface area contributed by atoms with Crippen molar-refractivity contribution >= 4 is 29.6 Å². The van der Waals surface area contributed by atoms with E-state index in [4.69, 9.17) is 0 Å². The first-order valence-corrected chi connectivity index (χ1v) is 11.4. The molecular formula is C23H30N4O3S. The lowest BCUT2D eigenvalue weighted by molar-refractivity contribution is -0.142. The first kappa shape index (κ1) is 22.9. The number of aryl methyl sites for hydroxylation is 1. The Morgan fingerprint density at radius 3 is 2.58 bits per heavy atom. The fourth-order valence-corrected chi connectivity index (χ4v) is 4.70. The number of benzene rings is 1. The maximum Gasteiger partial charge on any atom is 0.246 e. The topological polar surface area (TPSA) is 91.4 Å². The summed E-state index contributed by atoms with van der Waals surface area (Å²) >= 11 is 1.61. The van der Waals surface area contributed by atoms with Gasteiger partial charge in [-0.2, -0.15) is 0 Å². The summed E-state index contributed by atoms with van der Waals surface area (Å²) in [7, 11) is 0. The summed E-state index contributed by atoms with van der Waals surface area (Å²) in [4.78, 5) is 44.0. The highest BCUT2D eigenvalue weighted by atomic mass is 32.1. The Kier molecular flexibility index (Phi) is 7.10. The van der Waals surface area contributed by atoms with Crippen molar-refractivity contribution in [1.82, 2.24) is 20.5 Å². The van der Waals surface area contributed by atoms with Gasteiger partial charge in [-0.25, -0.2) is 4.98 Å². The third-order valence-electron chi connectivity index (χ3n) is 5.61. The highest BCUT2D eigenvalue weighted by Gasteiger charge is 2.40. The maximum absolute atomic E-state index is 13.1. The minimum absolute atomic E-state index is 0.160. The van der Waals surface area contributed by atoms with Crippen molar-refractivity contribution in [2.75, 3.05) is 6.54 Å². The van der Waals surface area contributed by atoms with Crippen molar-refractivity contribution in [3.63, 3.8) is 0 Å². The molecule has 0 unspecified atom stereocenters. The van der Waals surface area contributed by atoms with Gasteiger partial charge in [0.2, 0.25) is 18.2 Å². The third kappa shape index (κ3) is 5.31. The van der Waals surface area contributed by atoms with Crippen LogP contribution in [0.25, 0.3) is 10.4 Å². The molecule has 2 N–H and O–H groups in total. The van der Waals surface area contributed by atoms with Gasteiger partial charge in [-0.3, -0.25) is 14.4 Å². The highest BCUT2D eigenvalue weighted by Crippen LogP contribution is 2.28. The smallest absolute Gasteiger partial charge is 0.246 e. The first-order valence-electron chi connectivity index (χ1n) is 10.5. The van der Waals surface area contributed by atoms with E-state index < -0.39 is 17.5 Å². The van der Waals surface area contributed by atoms with E-state index in [-0.39, 0.29) is 11.8 Å². The normalized spacial score (nSPS) is 17.3. The number of likely N-dealkylation sites (tertiary alicyclic amines) is 1. The number of hydrogen-bond donors (Lipinski definition) is 2. The molecule has 166 valence electrons. The molecule has 7 nitrogen and oxygen atoms in total. The summed E-state index contributed by atoms with van der Waals surface area (Å²) in [5, 5.41) is 5.60. The molecule has 0 bridgehead atoms. The van der Waals surface area contributed by atoms with E-state index in [9.17, 15) is 14.4 Å². The molecule has 1 saturated heterocycles. The van der Waals surface area contributed by atoms with Crippen molar-refractivity contribution in [1.29, 1.82) is 0 Å². The summed E-state index contributed by atoms with van der Waals surface area (Å²) in [6, 6.07) is 6.89. The SMILES string of the molecule is Cc1ncsc1-c1ccc(CNC(=O)[C@@H]2CCCN2C(=O)[C@@H](NC=O)C(C)(C)C)cc1. The van der Waals surface area contributed by atoms with E-state index >= 15 is 0 Å². The van der Waals surface area contributed by atoms with Crippen LogP contribution >= 0.6 is 11.3 Å². The zero-order valence-corrected chi connectivity index (χ0v) is 19.3. The number of nitrogens with zero attached hydrogens (tertiary/aromatic N) is 2. The van der Waals surface area contributed by atoms with Gasteiger partial charge in [0.25, 0.3) is 0 Å². The molecule has 0 saturated carbocycles. The van der Waals surface area contributed by atoms with Gasteiger partial charge in [0.05, 0.1) is 16.1 Å². The molecular weight excluding hydrogens is 412 g/mol. The van der Waals surface area contributed by atoms with Gasteiger partial charge in [0.1, 0.15) is 12.1 Å². The van der Waals surface area contributed by atoms with Crippen molar-refractivity contribution in [3.05, 3.63) is 41.0 Å². The quantitative estimate of drug-likeness (QED) is 0.645. The van der Waals surface area contributed by atoms with Crippen LogP contribution in [0, 0.1) is 12.3 Å². The fourth-order valence-electron chi connectivity index (χ4n) is 3.89. The number of hydrogen-bond acceptors (Lipinski definition) is 5. The molecule has 1 aliphatic rings. The van der Waals surface area contributed by atoms with Gasteiger partial charge >= 0.3 is 0 Å². The Morgan fingerprint density at radius 2 is 2.00 bits per heavy atom. The number of carbonyl (C=O) groups is 3. The van der Waals surface area contributed by atoms with Crippen LogP contribution in [-0.2, 0) is 20.9 Å². The fraction of sp³-hybridized carbons (Fsp3) is 0.478. The lowest BCUT2D eigenvalue weighted by atomic mass is 9.85. The van der Waals surface area contributed by atoms with Gasteiger partial charge in [-0.15, -0.1) is 11.3 Å². The molecule has 2 heterocycles. The van der Waals surface area contributed by atoms with Crippen LogP contribution in [0.3, 0.4) is 0 Å². The second kappa shape index (κ2) is 9.60. The van der Waals surface area contributed by atoms with Crippen molar-refractivity contribution in [2.24, 2.45) is 5.41 Å². The van der Waals surface area contributed by atoms with Crippen LogP contribution in [0.2, 0.25) is 0 Å². The highest BCUT2D eigenvalue weighted by molar-refractivity contribution is 7.13. The minimum atomic E-state index is -0.666. The predicted octanol–water partition coefficient (Wildman–Crippen LogP) is 2.89. The lowest BCUT2D eigenvalue weighted by Crippen LogP contribution is -2.56. The molecule has 2 atom stereocenters. The average Bonchev–Trinajstić information content (AvgIpc) is 3.38. The standard InChI is InChI=1S/C23H30N4O3S/c1-15-19(31-14-26-15)17-9-7-16(8-10-17)12-24-21(29)18-6-5-11-27(18)22(30)20(25-13-28)23(2,3)4/h7-10,13-14,18,20H,5-6,11-12H2,1-4H3,(H,24,29)(H,25,28)/t18-,20+/m0/s1. The van der Waals surface area contributed by atoms with E-state index in [1.165, 1.54) is 0 Å². The largest absolute Gasteiger partial charge is 0.350 e. The molecule has 0 radical (unpaired) electrons. The molecule has 2 aromatic rings. The van der Waals surface area contributed by atoms with Gasteiger partial charge in [-0.05, 0) is 36.3 Å². The average molecular weight is 443 g/mol. The van der Waals surface area contributed by atoms with E-state index in [2.05, 4.69) is 15.6 Å². The number of carbonyl (C=O) groups excluding carboxylic acids is 3. The summed E-state index contributed by atoms with van der Waals surface area (Å²) in [6.07, 6.45) is 1.94. The van der Waals surface area contributed by atoms with E-state index in [1.54, 1.807) is 16.2 Å². The lowest BCUT2D eigenvalue weighted by Gasteiger charge is -2.34.